The van der Waals surface area contributed by atoms with Gasteiger partial charge in [-0.2, -0.15) is 0 Å². The van der Waals surface area contributed by atoms with Gasteiger partial charge in [0.05, 0.1) is 12.5 Å². The number of carbonyl (C=O) groups is 2. The van der Waals surface area contributed by atoms with Crippen LogP contribution in [0.3, 0.4) is 0 Å². The average molecular weight is 400 g/mol. The summed E-state index contributed by atoms with van der Waals surface area (Å²) in [6.07, 6.45) is 0.133. The number of para-hydroxylation sites is 1. The fourth-order valence-corrected chi connectivity index (χ4v) is 3.37. The maximum absolute atomic E-state index is 13.5. The zero-order valence-corrected chi connectivity index (χ0v) is 15.7. The van der Waals surface area contributed by atoms with E-state index in [1.807, 2.05) is 0 Å². The molecule has 2 aromatic rings. The first-order valence-corrected chi connectivity index (χ1v) is 9.47. The molecule has 2 aliphatic heterocycles. The summed E-state index contributed by atoms with van der Waals surface area (Å²) >= 11 is 0. The van der Waals surface area contributed by atoms with E-state index in [0.717, 1.165) is 0 Å². The van der Waals surface area contributed by atoms with Crippen molar-refractivity contribution in [1.82, 2.24) is 5.32 Å². The molecule has 29 heavy (non-hydrogen) atoms. The minimum atomic E-state index is -0.454. The molecule has 0 radical (unpaired) electrons. The number of nitrogens with one attached hydrogen (secondary N) is 1. The Labute approximate surface area is 167 Å². The molecule has 0 bridgehead atoms. The van der Waals surface area contributed by atoms with Crippen molar-refractivity contribution in [2.45, 2.75) is 6.42 Å². The summed E-state index contributed by atoms with van der Waals surface area (Å²) in [7, 11) is 0. The lowest BCUT2D eigenvalue weighted by molar-refractivity contribution is -0.126. The zero-order chi connectivity index (χ0) is 20.2. The first-order chi connectivity index (χ1) is 14.1. The molecule has 1 N–H and O–H groups in total. The second kappa shape index (κ2) is 8.38. The van der Waals surface area contributed by atoms with Crippen molar-refractivity contribution in [3.8, 4) is 17.2 Å². The van der Waals surface area contributed by atoms with Crippen LogP contribution in [0, 0.1) is 11.7 Å². The molecule has 0 saturated carbocycles. The van der Waals surface area contributed by atoms with Crippen molar-refractivity contribution >= 4 is 17.5 Å². The SMILES string of the molecule is O=C(NCCOc1ccccc1F)C1CC(=O)N(c2ccc3c(c2)OCCO3)C1. The van der Waals surface area contributed by atoms with Crippen molar-refractivity contribution in [1.29, 1.82) is 0 Å². The van der Waals surface area contributed by atoms with Gasteiger partial charge in [-0.1, -0.05) is 12.1 Å². The summed E-state index contributed by atoms with van der Waals surface area (Å²) in [4.78, 5) is 26.4. The van der Waals surface area contributed by atoms with Crippen molar-refractivity contribution in [2.75, 3.05) is 37.8 Å². The van der Waals surface area contributed by atoms with Crippen molar-refractivity contribution in [2.24, 2.45) is 5.92 Å². The minimum absolute atomic E-state index is 0.121. The van der Waals surface area contributed by atoms with Gasteiger partial charge in [-0.25, -0.2) is 4.39 Å². The molecule has 0 aromatic heterocycles. The summed E-state index contributed by atoms with van der Waals surface area (Å²) in [6.45, 7) is 1.61. The van der Waals surface area contributed by atoms with E-state index in [4.69, 9.17) is 14.2 Å². The van der Waals surface area contributed by atoms with Gasteiger partial charge in [0, 0.05) is 24.7 Å². The summed E-state index contributed by atoms with van der Waals surface area (Å²) in [5.74, 6) is 0.137. The number of hydrogen-bond acceptors (Lipinski definition) is 5. The summed E-state index contributed by atoms with van der Waals surface area (Å²) in [5, 5.41) is 2.75. The van der Waals surface area contributed by atoms with Crippen LogP contribution < -0.4 is 24.4 Å². The third-order valence-electron chi connectivity index (χ3n) is 4.83. The Morgan fingerprint density at radius 3 is 2.79 bits per heavy atom. The monoisotopic (exact) mass is 400 g/mol. The van der Waals surface area contributed by atoms with Gasteiger partial charge in [0.25, 0.3) is 0 Å². The van der Waals surface area contributed by atoms with Crippen LogP contribution in [0.15, 0.2) is 42.5 Å². The molecule has 1 atom stereocenters. The van der Waals surface area contributed by atoms with Gasteiger partial charge in [-0.05, 0) is 24.3 Å². The van der Waals surface area contributed by atoms with Crippen LogP contribution in [0.2, 0.25) is 0 Å². The van der Waals surface area contributed by atoms with E-state index in [2.05, 4.69) is 5.32 Å². The predicted molar refractivity (Wildman–Crippen MR) is 103 cm³/mol. The van der Waals surface area contributed by atoms with E-state index < -0.39 is 11.7 Å². The highest BCUT2D eigenvalue weighted by Crippen LogP contribution is 2.35. The Hall–Kier alpha value is -3.29. The lowest BCUT2D eigenvalue weighted by Gasteiger charge is -2.22. The Kier molecular flexibility index (Phi) is 5.50. The van der Waals surface area contributed by atoms with Crippen LogP contribution in [-0.4, -0.2) is 44.7 Å². The van der Waals surface area contributed by atoms with E-state index in [1.165, 1.54) is 12.1 Å². The number of carbonyl (C=O) groups excluding carboxylic acids is 2. The van der Waals surface area contributed by atoms with Crippen molar-refractivity contribution in [3.05, 3.63) is 48.3 Å². The highest BCUT2D eigenvalue weighted by Gasteiger charge is 2.35. The van der Waals surface area contributed by atoms with E-state index in [1.54, 1.807) is 35.2 Å². The second-order valence-electron chi connectivity index (χ2n) is 6.80. The average Bonchev–Trinajstić information content (AvgIpc) is 3.13. The Morgan fingerprint density at radius 1 is 1.17 bits per heavy atom. The highest BCUT2D eigenvalue weighted by molar-refractivity contribution is 6.00. The van der Waals surface area contributed by atoms with Crippen LogP contribution in [0.1, 0.15) is 6.42 Å². The smallest absolute Gasteiger partial charge is 0.227 e. The van der Waals surface area contributed by atoms with E-state index in [0.29, 0.717) is 36.9 Å². The van der Waals surface area contributed by atoms with Crippen LogP contribution >= 0.6 is 0 Å². The summed E-state index contributed by atoms with van der Waals surface area (Å²) in [6, 6.07) is 11.4. The van der Waals surface area contributed by atoms with Gasteiger partial charge < -0.3 is 24.4 Å². The molecule has 2 aliphatic rings. The largest absolute Gasteiger partial charge is 0.489 e. The van der Waals surface area contributed by atoms with Gasteiger partial charge in [-0.3, -0.25) is 9.59 Å². The molecule has 1 unspecified atom stereocenters. The predicted octanol–water partition coefficient (Wildman–Crippen LogP) is 2.14. The summed E-state index contributed by atoms with van der Waals surface area (Å²) in [5.41, 5.74) is 0.678. The van der Waals surface area contributed by atoms with Crippen LogP contribution in [0.4, 0.5) is 10.1 Å². The Bertz CT molecular complexity index is 920. The van der Waals surface area contributed by atoms with E-state index in [-0.39, 0.29) is 37.1 Å². The van der Waals surface area contributed by atoms with Gasteiger partial charge in [0.15, 0.2) is 23.1 Å². The molecule has 7 nitrogen and oxygen atoms in total. The number of amides is 2. The molecular weight excluding hydrogens is 379 g/mol. The number of fused-ring (bicyclic) bond motifs is 1. The third-order valence-corrected chi connectivity index (χ3v) is 4.83. The number of halogens is 1. The molecule has 8 heteroatoms. The molecule has 2 aromatic carbocycles. The molecule has 2 heterocycles. The molecule has 152 valence electrons. The number of benzene rings is 2. The molecule has 0 spiro atoms. The van der Waals surface area contributed by atoms with Gasteiger partial charge in [0.1, 0.15) is 19.8 Å². The standard InChI is InChI=1S/C21H21FN2O5/c22-16-3-1-2-4-17(16)27-8-7-23-21(26)14-11-20(25)24(13-14)15-5-6-18-19(12-15)29-10-9-28-18/h1-6,12,14H,7-11,13H2,(H,23,26). The van der Waals surface area contributed by atoms with Crippen LogP contribution in [-0.2, 0) is 9.59 Å². The van der Waals surface area contributed by atoms with Crippen LogP contribution in [0.5, 0.6) is 17.2 Å². The molecule has 1 saturated heterocycles. The highest BCUT2D eigenvalue weighted by atomic mass is 19.1. The van der Waals surface area contributed by atoms with E-state index in [9.17, 15) is 14.0 Å². The number of hydrogen-bond donors (Lipinski definition) is 1. The number of anilines is 1. The Morgan fingerprint density at radius 2 is 1.97 bits per heavy atom. The summed E-state index contributed by atoms with van der Waals surface area (Å²) < 4.78 is 29.9. The molecule has 2 amide bonds. The van der Waals surface area contributed by atoms with Gasteiger partial charge >= 0.3 is 0 Å². The third kappa shape index (κ3) is 4.26. The number of nitrogens with zero attached hydrogens (tertiary/aromatic N) is 1. The zero-order valence-electron chi connectivity index (χ0n) is 15.7. The van der Waals surface area contributed by atoms with Gasteiger partial charge in [-0.15, -0.1) is 0 Å². The topological polar surface area (TPSA) is 77.1 Å². The maximum atomic E-state index is 13.5. The van der Waals surface area contributed by atoms with Crippen molar-refractivity contribution in [3.63, 3.8) is 0 Å². The molecule has 4 rings (SSSR count). The number of ether oxygens (including phenoxy) is 3. The molecular formula is C21H21FN2O5. The minimum Gasteiger partial charge on any atom is -0.489 e. The van der Waals surface area contributed by atoms with E-state index >= 15 is 0 Å². The normalized spacial score (nSPS) is 17.9. The van der Waals surface area contributed by atoms with Crippen molar-refractivity contribution < 1.29 is 28.2 Å². The fourth-order valence-electron chi connectivity index (χ4n) is 3.37. The van der Waals surface area contributed by atoms with Gasteiger partial charge in [0.2, 0.25) is 11.8 Å². The lowest BCUT2D eigenvalue weighted by atomic mass is 10.1. The first-order valence-electron chi connectivity index (χ1n) is 9.47. The Balaban J connectivity index is 1.29. The lowest BCUT2D eigenvalue weighted by Crippen LogP contribution is -2.35. The first kappa shape index (κ1) is 19.0. The molecule has 0 aliphatic carbocycles. The second-order valence-corrected chi connectivity index (χ2v) is 6.80. The molecule has 1 fully saturated rings. The maximum Gasteiger partial charge on any atom is 0.227 e. The number of rotatable bonds is 6. The quantitative estimate of drug-likeness (QED) is 0.752. The fraction of sp³-hybridized carbons (Fsp3) is 0.333. The van der Waals surface area contributed by atoms with Crippen LogP contribution in [0.25, 0.3) is 0 Å².